The minimum atomic E-state index is 0. The Morgan fingerprint density at radius 1 is 1.22 bits per heavy atom. The molecule has 1 heterocycles. The maximum absolute atomic E-state index is 5.66. The maximum atomic E-state index is 5.66. The average molecular weight is 493 g/mol. The van der Waals surface area contributed by atoms with Crippen molar-refractivity contribution in [1.82, 2.24) is 10.6 Å². The number of rotatable bonds is 10. The van der Waals surface area contributed by atoms with Gasteiger partial charge >= 0.3 is 0 Å². The summed E-state index contributed by atoms with van der Waals surface area (Å²) in [6.07, 6.45) is 3.48. The molecular weight excluding hydrogens is 461 g/mol. The molecule has 1 aromatic rings. The van der Waals surface area contributed by atoms with Gasteiger partial charge in [-0.25, -0.2) is 0 Å². The van der Waals surface area contributed by atoms with Crippen LogP contribution in [-0.2, 0) is 16.0 Å². The van der Waals surface area contributed by atoms with E-state index in [4.69, 9.17) is 18.9 Å². The van der Waals surface area contributed by atoms with Crippen molar-refractivity contribution >= 4 is 29.9 Å². The normalized spacial score (nSPS) is 16.6. The molecule has 1 saturated heterocycles. The molecule has 0 aliphatic carbocycles. The lowest BCUT2D eigenvalue weighted by Crippen LogP contribution is -2.37. The summed E-state index contributed by atoms with van der Waals surface area (Å²) in [6.45, 7) is 3.75. The molecule has 1 atom stereocenters. The number of aliphatic imine (C=N–C) groups is 1. The number of nitrogens with zero attached hydrogens (tertiary/aromatic N) is 1. The first-order valence-corrected chi connectivity index (χ1v) is 9.11. The molecule has 7 nitrogen and oxygen atoms in total. The Kier molecular flexibility index (Phi) is 12.2. The van der Waals surface area contributed by atoms with E-state index in [0.29, 0.717) is 19.3 Å². The van der Waals surface area contributed by atoms with Crippen LogP contribution >= 0.6 is 24.0 Å². The number of methoxy groups -OCH3 is 2. The molecule has 0 amide bonds. The SMILES string of the molecule is CN=C(NCCCOCC1CCCO1)NCc1ccc(OC)c(OC)c1.I. The van der Waals surface area contributed by atoms with Crippen LogP contribution in [0.5, 0.6) is 11.5 Å². The number of benzene rings is 1. The van der Waals surface area contributed by atoms with Crippen molar-refractivity contribution in [2.24, 2.45) is 4.99 Å². The summed E-state index contributed by atoms with van der Waals surface area (Å²) < 4.78 is 21.8. The predicted molar refractivity (Wildman–Crippen MR) is 118 cm³/mol. The average Bonchev–Trinajstić information content (AvgIpc) is 3.20. The van der Waals surface area contributed by atoms with Crippen molar-refractivity contribution in [2.75, 3.05) is 47.6 Å². The molecule has 27 heavy (non-hydrogen) atoms. The first-order chi connectivity index (χ1) is 12.8. The molecule has 1 aliphatic heterocycles. The topological polar surface area (TPSA) is 73.3 Å². The zero-order valence-electron chi connectivity index (χ0n) is 16.5. The van der Waals surface area contributed by atoms with E-state index in [1.54, 1.807) is 21.3 Å². The summed E-state index contributed by atoms with van der Waals surface area (Å²) in [6, 6.07) is 5.86. The first-order valence-electron chi connectivity index (χ1n) is 9.11. The maximum Gasteiger partial charge on any atom is 0.191 e. The van der Waals surface area contributed by atoms with Gasteiger partial charge in [0.05, 0.1) is 26.9 Å². The van der Waals surface area contributed by atoms with Gasteiger partial charge in [0.25, 0.3) is 0 Å². The van der Waals surface area contributed by atoms with Gasteiger partial charge in [-0.3, -0.25) is 4.99 Å². The Hall–Kier alpha value is -1.26. The second-order valence-electron chi connectivity index (χ2n) is 6.11. The van der Waals surface area contributed by atoms with Gasteiger partial charge in [-0.2, -0.15) is 0 Å². The molecular formula is C19H32IN3O4. The standard InChI is InChI=1S/C19H31N3O4.HI/c1-20-19(21-9-5-10-25-14-16-6-4-11-26-16)22-13-15-7-8-17(23-2)18(12-15)24-3;/h7-8,12,16H,4-6,9-11,13-14H2,1-3H3,(H2,20,21,22);1H. The molecule has 2 rings (SSSR count). The third kappa shape index (κ3) is 8.52. The fourth-order valence-corrected chi connectivity index (χ4v) is 2.77. The largest absolute Gasteiger partial charge is 0.493 e. The van der Waals surface area contributed by atoms with E-state index in [1.165, 1.54) is 0 Å². The number of nitrogens with one attached hydrogen (secondary N) is 2. The van der Waals surface area contributed by atoms with Gasteiger partial charge in [-0.05, 0) is 37.0 Å². The molecule has 1 fully saturated rings. The van der Waals surface area contributed by atoms with Gasteiger partial charge in [0.1, 0.15) is 0 Å². The minimum Gasteiger partial charge on any atom is -0.493 e. The number of ether oxygens (including phenoxy) is 4. The Morgan fingerprint density at radius 3 is 2.70 bits per heavy atom. The highest BCUT2D eigenvalue weighted by Crippen LogP contribution is 2.27. The van der Waals surface area contributed by atoms with Gasteiger partial charge in [-0.15, -0.1) is 24.0 Å². The van der Waals surface area contributed by atoms with E-state index in [-0.39, 0.29) is 24.0 Å². The van der Waals surface area contributed by atoms with Crippen LogP contribution in [-0.4, -0.2) is 59.7 Å². The molecule has 0 radical (unpaired) electrons. The van der Waals surface area contributed by atoms with Crippen LogP contribution in [0.1, 0.15) is 24.8 Å². The van der Waals surface area contributed by atoms with E-state index in [9.17, 15) is 0 Å². The highest BCUT2D eigenvalue weighted by Gasteiger charge is 2.14. The van der Waals surface area contributed by atoms with Gasteiger partial charge in [0, 0.05) is 33.4 Å². The molecule has 8 heteroatoms. The summed E-state index contributed by atoms with van der Waals surface area (Å²) in [4.78, 5) is 4.24. The van der Waals surface area contributed by atoms with Crippen LogP contribution in [0, 0.1) is 0 Å². The quantitative estimate of drug-likeness (QED) is 0.226. The Bertz CT molecular complexity index is 566. The van der Waals surface area contributed by atoms with E-state index in [1.807, 2.05) is 18.2 Å². The van der Waals surface area contributed by atoms with Crippen LogP contribution in [0.2, 0.25) is 0 Å². The molecule has 0 spiro atoms. The Labute approximate surface area is 179 Å². The highest BCUT2D eigenvalue weighted by atomic mass is 127. The van der Waals surface area contributed by atoms with Gasteiger partial charge < -0.3 is 29.6 Å². The summed E-state index contributed by atoms with van der Waals surface area (Å²) in [5.41, 5.74) is 1.09. The summed E-state index contributed by atoms with van der Waals surface area (Å²) >= 11 is 0. The Morgan fingerprint density at radius 2 is 2.04 bits per heavy atom. The molecule has 2 N–H and O–H groups in total. The molecule has 1 unspecified atom stereocenters. The molecule has 0 bridgehead atoms. The smallest absolute Gasteiger partial charge is 0.191 e. The Balaban J connectivity index is 0.00000364. The number of hydrogen-bond acceptors (Lipinski definition) is 5. The van der Waals surface area contributed by atoms with Crippen molar-refractivity contribution < 1.29 is 18.9 Å². The second-order valence-corrected chi connectivity index (χ2v) is 6.11. The van der Waals surface area contributed by atoms with Crippen molar-refractivity contribution in [3.8, 4) is 11.5 Å². The minimum absolute atomic E-state index is 0. The zero-order chi connectivity index (χ0) is 18.6. The third-order valence-electron chi connectivity index (χ3n) is 4.22. The van der Waals surface area contributed by atoms with Crippen molar-refractivity contribution in [3.63, 3.8) is 0 Å². The van der Waals surface area contributed by atoms with Crippen LogP contribution in [0.25, 0.3) is 0 Å². The summed E-state index contributed by atoms with van der Waals surface area (Å²) in [5, 5.41) is 6.58. The molecule has 1 aromatic carbocycles. The third-order valence-corrected chi connectivity index (χ3v) is 4.22. The monoisotopic (exact) mass is 493 g/mol. The lowest BCUT2D eigenvalue weighted by Gasteiger charge is -2.14. The van der Waals surface area contributed by atoms with E-state index < -0.39 is 0 Å². The number of halogens is 1. The van der Waals surface area contributed by atoms with E-state index >= 15 is 0 Å². The molecule has 154 valence electrons. The van der Waals surface area contributed by atoms with Crippen LogP contribution < -0.4 is 20.1 Å². The van der Waals surface area contributed by atoms with Crippen LogP contribution in [0.3, 0.4) is 0 Å². The first kappa shape index (κ1) is 23.8. The predicted octanol–water partition coefficient (Wildman–Crippen LogP) is 2.57. The van der Waals surface area contributed by atoms with Crippen LogP contribution in [0.4, 0.5) is 0 Å². The van der Waals surface area contributed by atoms with E-state index in [2.05, 4.69) is 15.6 Å². The van der Waals surface area contributed by atoms with Crippen molar-refractivity contribution in [1.29, 1.82) is 0 Å². The summed E-state index contributed by atoms with van der Waals surface area (Å²) in [5.74, 6) is 2.21. The van der Waals surface area contributed by atoms with Crippen LogP contribution in [0.15, 0.2) is 23.2 Å². The number of hydrogen-bond donors (Lipinski definition) is 2. The molecule has 1 aliphatic rings. The summed E-state index contributed by atoms with van der Waals surface area (Å²) in [7, 11) is 5.03. The molecule has 0 aromatic heterocycles. The fraction of sp³-hybridized carbons (Fsp3) is 0.632. The molecule has 0 saturated carbocycles. The van der Waals surface area contributed by atoms with Crippen molar-refractivity contribution in [2.45, 2.75) is 31.9 Å². The van der Waals surface area contributed by atoms with Crippen molar-refractivity contribution in [3.05, 3.63) is 23.8 Å². The fourth-order valence-electron chi connectivity index (χ4n) is 2.77. The lowest BCUT2D eigenvalue weighted by atomic mass is 10.2. The highest BCUT2D eigenvalue weighted by molar-refractivity contribution is 14.0. The van der Waals surface area contributed by atoms with Gasteiger partial charge in [0.2, 0.25) is 0 Å². The lowest BCUT2D eigenvalue weighted by molar-refractivity contribution is 0.0168. The van der Waals surface area contributed by atoms with E-state index in [0.717, 1.165) is 62.0 Å². The van der Waals surface area contributed by atoms with Gasteiger partial charge in [0.15, 0.2) is 17.5 Å². The van der Waals surface area contributed by atoms with Gasteiger partial charge in [-0.1, -0.05) is 6.07 Å². The zero-order valence-corrected chi connectivity index (χ0v) is 18.8. The number of guanidine groups is 1. The second kappa shape index (κ2) is 13.8.